The van der Waals surface area contributed by atoms with Crippen molar-refractivity contribution in [2.75, 3.05) is 6.54 Å². The molecule has 0 radical (unpaired) electrons. The van der Waals surface area contributed by atoms with Gasteiger partial charge in [-0.3, -0.25) is 0 Å². The van der Waals surface area contributed by atoms with Crippen molar-refractivity contribution in [1.82, 2.24) is 5.32 Å². The van der Waals surface area contributed by atoms with Crippen molar-refractivity contribution < 1.29 is 5.11 Å². The largest absolute Gasteiger partial charge is 0.393 e. The van der Waals surface area contributed by atoms with Crippen LogP contribution in [0.5, 0.6) is 0 Å². The molecule has 0 spiro atoms. The van der Waals surface area contributed by atoms with Crippen LogP contribution in [-0.2, 0) is 0 Å². The van der Waals surface area contributed by atoms with E-state index in [-0.39, 0.29) is 6.10 Å². The third kappa shape index (κ3) is 2.73. The second-order valence-corrected chi connectivity index (χ2v) is 5.84. The molecule has 2 aliphatic rings. The van der Waals surface area contributed by atoms with E-state index < -0.39 is 0 Å². The maximum atomic E-state index is 10.1. The van der Waals surface area contributed by atoms with E-state index in [1.165, 1.54) is 25.7 Å². The van der Waals surface area contributed by atoms with Crippen molar-refractivity contribution >= 4 is 0 Å². The van der Waals surface area contributed by atoms with Gasteiger partial charge in [0, 0.05) is 12.0 Å². The summed E-state index contributed by atoms with van der Waals surface area (Å²) in [5, 5.41) is 13.7. The van der Waals surface area contributed by atoms with Gasteiger partial charge < -0.3 is 10.4 Å². The second-order valence-electron chi connectivity index (χ2n) is 5.84. The summed E-state index contributed by atoms with van der Waals surface area (Å²) in [7, 11) is 0. The highest BCUT2D eigenvalue weighted by Gasteiger charge is 2.34. The molecular formula is C13H25NO. The molecule has 0 aromatic rings. The lowest BCUT2D eigenvalue weighted by Crippen LogP contribution is -2.48. The first-order valence-corrected chi connectivity index (χ1v) is 6.58. The molecule has 0 bridgehead atoms. The van der Waals surface area contributed by atoms with E-state index in [2.05, 4.69) is 19.2 Å². The summed E-state index contributed by atoms with van der Waals surface area (Å²) < 4.78 is 0. The lowest BCUT2D eigenvalue weighted by molar-refractivity contribution is 0.0213. The van der Waals surface area contributed by atoms with Crippen LogP contribution in [0.15, 0.2) is 0 Å². The number of aliphatic hydroxyl groups excluding tert-OH is 1. The minimum Gasteiger partial charge on any atom is -0.393 e. The maximum absolute atomic E-state index is 10.1. The van der Waals surface area contributed by atoms with E-state index in [9.17, 15) is 5.11 Å². The first-order valence-electron chi connectivity index (χ1n) is 6.58. The van der Waals surface area contributed by atoms with Crippen LogP contribution in [0.3, 0.4) is 0 Å². The van der Waals surface area contributed by atoms with Gasteiger partial charge >= 0.3 is 0 Å². The smallest absolute Gasteiger partial charge is 0.0583 e. The number of rotatable bonds is 1. The Bertz CT molecular complexity index is 207. The van der Waals surface area contributed by atoms with E-state index >= 15 is 0 Å². The van der Waals surface area contributed by atoms with Crippen LogP contribution in [0.1, 0.15) is 46.0 Å². The van der Waals surface area contributed by atoms with Gasteiger partial charge in [-0.2, -0.15) is 0 Å². The third-order valence-electron chi connectivity index (χ3n) is 4.34. The first kappa shape index (κ1) is 11.4. The molecule has 1 heterocycles. The van der Waals surface area contributed by atoms with Crippen LogP contribution in [0, 0.1) is 17.8 Å². The number of piperidine rings is 1. The molecule has 1 aliphatic carbocycles. The highest BCUT2D eigenvalue weighted by molar-refractivity contribution is 4.89. The minimum atomic E-state index is -0.0519. The molecule has 1 aliphatic heterocycles. The number of nitrogens with one attached hydrogen (secondary N) is 1. The highest BCUT2D eigenvalue weighted by Crippen LogP contribution is 2.34. The Morgan fingerprint density at radius 1 is 1.00 bits per heavy atom. The summed E-state index contributed by atoms with van der Waals surface area (Å²) >= 11 is 0. The SMILES string of the molecule is CC1CCNC(C2CC(C)CCC2O)C1. The van der Waals surface area contributed by atoms with E-state index in [1.54, 1.807) is 0 Å². The van der Waals surface area contributed by atoms with Gasteiger partial charge in [0.15, 0.2) is 0 Å². The molecule has 5 unspecified atom stereocenters. The van der Waals surface area contributed by atoms with Gasteiger partial charge in [0.2, 0.25) is 0 Å². The summed E-state index contributed by atoms with van der Waals surface area (Å²) in [6.07, 6.45) is 5.94. The van der Waals surface area contributed by atoms with Gasteiger partial charge in [0.25, 0.3) is 0 Å². The molecule has 88 valence electrons. The van der Waals surface area contributed by atoms with Crippen LogP contribution in [0.4, 0.5) is 0 Å². The number of hydrogen-bond donors (Lipinski definition) is 2. The average molecular weight is 211 g/mol. The van der Waals surface area contributed by atoms with Crippen molar-refractivity contribution in [1.29, 1.82) is 0 Å². The van der Waals surface area contributed by atoms with Gasteiger partial charge in [-0.1, -0.05) is 13.8 Å². The summed E-state index contributed by atoms with van der Waals surface area (Å²) in [6.45, 7) is 5.81. The summed E-state index contributed by atoms with van der Waals surface area (Å²) in [5.74, 6) is 2.15. The molecule has 2 N–H and O–H groups in total. The minimum absolute atomic E-state index is 0.0519. The standard InChI is InChI=1S/C13H25NO/c1-9-3-4-13(15)11(7-9)12-8-10(2)5-6-14-12/h9-15H,3-8H2,1-2H3. The van der Waals surface area contributed by atoms with Crippen LogP contribution in [-0.4, -0.2) is 23.8 Å². The molecule has 0 aromatic carbocycles. The molecule has 15 heavy (non-hydrogen) atoms. The Kier molecular flexibility index (Phi) is 3.68. The fraction of sp³-hybridized carbons (Fsp3) is 1.00. The lowest BCUT2D eigenvalue weighted by Gasteiger charge is -2.40. The molecule has 2 heteroatoms. The molecule has 1 saturated carbocycles. The topological polar surface area (TPSA) is 32.3 Å². The molecule has 2 rings (SSSR count). The zero-order valence-electron chi connectivity index (χ0n) is 10.1. The van der Waals surface area contributed by atoms with E-state index in [0.717, 1.165) is 24.8 Å². The highest BCUT2D eigenvalue weighted by atomic mass is 16.3. The molecular weight excluding hydrogens is 186 g/mol. The lowest BCUT2D eigenvalue weighted by atomic mass is 9.73. The normalized spacial score (nSPS) is 47.8. The molecule has 0 aromatic heterocycles. The van der Waals surface area contributed by atoms with Crippen molar-refractivity contribution in [3.63, 3.8) is 0 Å². The Morgan fingerprint density at radius 3 is 2.47 bits per heavy atom. The fourth-order valence-electron chi connectivity index (χ4n) is 3.32. The molecule has 2 nitrogen and oxygen atoms in total. The Labute approximate surface area is 93.5 Å². The maximum Gasteiger partial charge on any atom is 0.0583 e. The molecule has 5 atom stereocenters. The Balaban J connectivity index is 1.94. The van der Waals surface area contributed by atoms with Crippen molar-refractivity contribution in [3.05, 3.63) is 0 Å². The molecule has 1 saturated heterocycles. The van der Waals surface area contributed by atoms with Gasteiger partial charge in [0.1, 0.15) is 0 Å². The molecule has 2 fully saturated rings. The second kappa shape index (κ2) is 4.84. The van der Waals surface area contributed by atoms with Crippen LogP contribution in [0.2, 0.25) is 0 Å². The van der Waals surface area contributed by atoms with Crippen LogP contribution < -0.4 is 5.32 Å². The van der Waals surface area contributed by atoms with Gasteiger partial charge in [-0.05, 0) is 50.5 Å². The van der Waals surface area contributed by atoms with Crippen molar-refractivity contribution in [3.8, 4) is 0 Å². The predicted molar refractivity (Wildman–Crippen MR) is 62.7 cm³/mol. The number of hydrogen-bond acceptors (Lipinski definition) is 2. The first-order chi connectivity index (χ1) is 7.16. The van der Waals surface area contributed by atoms with Gasteiger partial charge in [-0.15, -0.1) is 0 Å². The van der Waals surface area contributed by atoms with Gasteiger partial charge in [0.05, 0.1) is 6.10 Å². The zero-order chi connectivity index (χ0) is 10.8. The van der Waals surface area contributed by atoms with E-state index in [4.69, 9.17) is 0 Å². The zero-order valence-corrected chi connectivity index (χ0v) is 10.1. The molecule has 0 amide bonds. The average Bonchev–Trinajstić information content (AvgIpc) is 2.22. The predicted octanol–water partition coefficient (Wildman–Crippen LogP) is 2.17. The number of aliphatic hydroxyl groups is 1. The fourth-order valence-corrected chi connectivity index (χ4v) is 3.32. The Hall–Kier alpha value is -0.0800. The van der Waals surface area contributed by atoms with Crippen LogP contribution >= 0.6 is 0 Å². The van der Waals surface area contributed by atoms with Crippen molar-refractivity contribution in [2.45, 2.75) is 58.1 Å². The summed E-state index contributed by atoms with van der Waals surface area (Å²) in [4.78, 5) is 0. The third-order valence-corrected chi connectivity index (χ3v) is 4.34. The quantitative estimate of drug-likeness (QED) is 0.696. The van der Waals surface area contributed by atoms with Gasteiger partial charge in [-0.25, -0.2) is 0 Å². The van der Waals surface area contributed by atoms with Crippen molar-refractivity contribution in [2.24, 2.45) is 17.8 Å². The Morgan fingerprint density at radius 2 is 1.73 bits per heavy atom. The van der Waals surface area contributed by atoms with E-state index in [1.807, 2.05) is 0 Å². The monoisotopic (exact) mass is 211 g/mol. The summed E-state index contributed by atoms with van der Waals surface area (Å²) in [6, 6.07) is 0.575. The van der Waals surface area contributed by atoms with E-state index in [0.29, 0.717) is 12.0 Å². The summed E-state index contributed by atoms with van der Waals surface area (Å²) in [5.41, 5.74) is 0. The van der Waals surface area contributed by atoms with Crippen LogP contribution in [0.25, 0.3) is 0 Å².